The van der Waals surface area contributed by atoms with E-state index in [4.69, 9.17) is 0 Å². The van der Waals surface area contributed by atoms with Crippen molar-refractivity contribution in [3.8, 4) is 0 Å². The molecule has 0 aliphatic carbocycles. The number of aromatic nitrogens is 1. The summed E-state index contributed by atoms with van der Waals surface area (Å²) >= 11 is 0. The molecule has 2 heterocycles. The first-order chi connectivity index (χ1) is 13.6. The molecule has 1 amide bonds. The van der Waals surface area contributed by atoms with Crippen molar-refractivity contribution in [2.75, 3.05) is 4.90 Å². The van der Waals surface area contributed by atoms with Crippen LogP contribution < -0.4 is 4.90 Å². The summed E-state index contributed by atoms with van der Waals surface area (Å²) in [6.45, 7) is 0. The van der Waals surface area contributed by atoms with E-state index in [1.54, 1.807) is 48.7 Å². The summed E-state index contributed by atoms with van der Waals surface area (Å²) in [6, 6.07) is 16.0. The number of rotatable bonds is 4. The van der Waals surface area contributed by atoms with E-state index in [1.807, 2.05) is 0 Å². The first kappa shape index (κ1) is 17.6. The van der Waals surface area contributed by atoms with Gasteiger partial charge in [0, 0.05) is 34.8 Å². The van der Waals surface area contributed by atoms with Gasteiger partial charge in [-0.15, -0.1) is 0 Å². The normalized spacial score (nSPS) is 16.5. The van der Waals surface area contributed by atoms with Crippen LogP contribution in [0.25, 0.3) is 5.57 Å². The standard InChI is InChI=1S/C22H15FN2O3/c23-16-8-4-6-14(12-16)20(26)19-18(15-7-5-11-24-13-15)21(27)22(28)25(19)17-9-2-1-3-10-17/h1-13,19,27H/t19-/m1/s1. The van der Waals surface area contributed by atoms with Gasteiger partial charge in [0.2, 0.25) is 0 Å². The molecule has 1 N–H and O–H groups in total. The number of aliphatic hydroxyl groups is 1. The number of hydrogen-bond donors (Lipinski definition) is 1. The van der Waals surface area contributed by atoms with E-state index in [0.29, 0.717) is 11.3 Å². The van der Waals surface area contributed by atoms with Crippen molar-refractivity contribution in [1.82, 2.24) is 4.98 Å². The summed E-state index contributed by atoms with van der Waals surface area (Å²) in [6.07, 6.45) is 3.02. The molecule has 1 aliphatic heterocycles. The number of amides is 1. The van der Waals surface area contributed by atoms with E-state index in [-0.39, 0.29) is 11.1 Å². The van der Waals surface area contributed by atoms with Crippen LogP contribution in [0.1, 0.15) is 15.9 Å². The van der Waals surface area contributed by atoms with Crippen LogP contribution in [0.15, 0.2) is 84.9 Å². The Morgan fingerprint density at radius 2 is 1.82 bits per heavy atom. The van der Waals surface area contributed by atoms with Gasteiger partial charge in [0.05, 0.1) is 0 Å². The third-order valence-corrected chi connectivity index (χ3v) is 4.57. The number of para-hydroxylation sites is 1. The zero-order valence-electron chi connectivity index (χ0n) is 14.6. The number of nitrogens with zero attached hydrogens (tertiary/aromatic N) is 2. The van der Waals surface area contributed by atoms with E-state index in [9.17, 15) is 19.1 Å². The molecular formula is C22H15FN2O3. The number of Topliss-reactive ketones (excluding diaryl/α,β-unsaturated/α-hetero) is 1. The molecule has 28 heavy (non-hydrogen) atoms. The largest absolute Gasteiger partial charge is 0.503 e. The minimum absolute atomic E-state index is 0.106. The lowest BCUT2D eigenvalue weighted by atomic mass is 9.93. The fourth-order valence-corrected chi connectivity index (χ4v) is 3.32. The molecule has 0 unspecified atom stereocenters. The van der Waals surface area contributed by atoms with Gasteiger partial charge in [0.1, 0.15) is 11.9 Å². The van der Waals surface area contributed by atoms with Crippen LogP contribution in [0, 0.1) is 5.82 Å². The molecule has 0 radical (unpaired) electrons. The molecule has 0 saturated carbocycles. The Balaban J connectivity index is 1.89. The minimum atomic E-state index is -1.14. The number of pyridine rings is 1. The molecular weight excluding hydrogens is 359 g/mol. The van der Waals surface area contributed by atoms with Gasteiger partial charge < -0.3 is 5.11 Å². The molecule has 1 aromatic heterocycles. The molecule has 1 atom stereocenters. The number of carbonyl (C=O) groups excluding carboxylic acids is 2. The Kier molecular flexibility index (Phi) is 4.45. The van der Waals surface area contributed by atoms with Crippen molar-refractivity contribution in [1.29, 1.82) is 0 Å². The van der Waals surface area contributed by atoms with Crippen LogP contribution in [0.2, 0.25) is 0 Å². The second kappa shape index (κ2) is 7.08. The quantitative estimate of drug-likeness (QED) is 0.706. The molecule has 3 aromatic rings. The Morgan fingerprint density at radius 1 is 1.04 bits per heavy atom. The van der Waals surface area contributed by atoms with Gasteiger partial charge in [-0.2, -0.15) is 0 Å². The van der Waals surface area contributed by atoms with Crippen molar-refractivity contribution >= 4 is 23.0 Å². The molecule has 0 fully saturated rings. The van der Waals surface area contributed by atoms with Gasteiger partial charge in [0.25, 0.3) is 5.91 Å². The maximum Gasteiger partial charge on any atom is 0.294 e. The summed E-state index contributed by atoms with van der Waals surface area (Å²) in [5.74, 6) is -2.27. The van der Waals surface area contributed by atoms with Crippen LogP contribution in [0.3, 0.4) is 0 Å². The molecule has 4 rings (SSSR count). The monoisotopic (exact) mass is 374 g/mol. The van der Waals surface area contributed by atoms with Gasteiger partial charge in [-0.05, 0) is 30.3 Å². The van der Waals surface area contributed by atoms with Gasteiger partial charge >= 0.3 is 0 Å². The van der Waals surface area contributed by atoms with E-state index in [1.165, 1.54) is 29.3 Å². The molecule has 5 nitrogen and oxygen atoms in total. The summed E-state index contributed by atoms with van der Waals surface area (Å²) in [4.78, 5) is 31.5. The van der Waals surface area contributed by atoms with Crippen molar-refractivity contribution in [2.45, 2.75) is 6.04 Å². The molecule has 2 aromatic carbocycles. The average Bonchev–Trinajstić information content (AvgIpc) is 2.99. The lowest BCUT2D eigenvalue weighted by Gasteiger charge is -2.26. The van der Waals surface area contributed by atoms with Crippen LogP contribution in [-0.2, 0) is 4.79 Å². The van der Waals surface area contributed by atoms with Gasteiger partial charge in [-0.25, -0.2) is 4.39 Å². The number of benzene rings is 2. The Bertz CT molecular complexity index is 1080. The lowest BCUT2D eigenvalue weighted by Crippen LogP contribution is -2.41. The zero-order chi connectivity index (χ0) is 19.7. The number of ketones is 1. The predicted molar refractivity (Wildman–Crippen MR) is 102 cm³/mol. The molecule has 1 aliphatic rings. The number of carbonyl (C=O) groups is 2. The molecule has 138 valence electrons. The Hall–Kier alpha value is -3.80. The highest BCUT2D eigenvalue weighted by Crippen LogP contribution is 2.37. The lowest BCUT2D eigenvalue weighted by molar-refractivity contribution is -0.116. The smallest absolute Gasteiger partial charge is 0.294 e. The maximum absolute atomic E-state index is 13.7. The second-order valence-corrected chi connectivity index (χ2v) is 6.29. The minimum Gasteiger partial charge on any atom is -0.503 e. The SMILES string of the molecule is O=C(c1cccc(F)c1)[C@H]1C(c2cccnc2)=C(O)C(=O)N1c1ccccc1. The van der Waals surface area contributed by atoms with E-state index >= 15 is 0 Å². The van der Waals surface area contributed by atoms with Gasteiger partial charge in [-0.1, -0.05) is 36.4 Å². The van der Waals surface area contributed by atoms with E-state index in [0.717, 1.165) is 6.07 Å². The fraction of sp³-hybridized carbons (Fsp3) is 0.0455. The highest BCUT2D eigenvalue weighted by molar-refractivity contribution is 6.25. The highest BCUT2D eigenvalue weighted by atomic mass is 19.1. The maximum atomic E-state index is 13.7. The molecule has 6 heteroatoms. The first-order valence-electron chi connectivity index (χ1n) is 8.60. The van der Waals surface area contributed by atoms with Crippen LogP contribution in [-0.4, -0.2) is 27.8 Å². The van der Waals surface area contributed by atoms with Crippen LogP contribution in [0.5, 0.6) is 0 Å². The van der Waals surface area contributed by atoms with Crippen LogP contribution in [0.4, 0.5) is 10.1 Å². The second-order valence-electron chi connectivity index (χ2n) is 6.29. The Morgan fingerprint density at radius 3 is 2.50 bits per heavy atom. The average molecular weight is 374 g/mol. The summed E-state index contributed by atoms with van der Waals surface area (Å²) in [5.41, 5.74) is 1.15. The summed E-state index contributed by atoms with van der Waals surface area (Å²) in [5, 5.41) is 10.6. The number of anilines is 1. The van der Waals surface area contributed by atoms with E-state index < -0.39 is 29.3 Å². The number of aliphatic hydroxyl groups excluding tert-OH is 1. The molecule has 0 bridgehead atoms. The summed E-state index contributed by atoms with van der Waals surface area (Å²) in [7, 11) is 0. The Labute approximate surface area is 160 Å². The van der Waals surface area contributed by atoms with Crippen molar-refractivity contribution in [3.63, 3.8) is 0 Å². The topological polar surface area (TPSA) is 70.5 Å². The number of halogens is 1. The zero-order valence-corrected chi connectivity index (χ0v) is 14.6. The summed E-state index contributed by atoms with van der Waals surface area (Å²) < 4.78 is 13.7. The predicted octanol–water partition coefficient (Wildman–Crippen LogP) is 3.79. The van der Waals surface area contributed by atoms with E-state index in [2.05, 4.69) is 4.98 Å². The molecule has 0 saturated heterocycles. The fourth-order valence-electron chi connectivity index (χ4n) is 3.32. The van der Waals surface area contributed by atoms with Gasteiger partial charge in [0.15, 0.2) is 11.5 Å². The van der Waals surface area contributed by atoms with Gasteiger partial charge in [-0.3, -0.25) is 19.5 Å². The third kappa shape index (κ3) is 2.95. The van der Waals surface area contributed by atoms with Crippen molar-refractivity contribution in [3.05, 3.63) is 102 Å². The van der Waals surface area contributed by atoms with Crippen LogP contribution >= 0.6 is 0 Å². The number of hydrogen-bond acceptors (Lipinski definition) is 4. The molecule has 0 spiro atoms. The first-order valence-corrected chi connectivity index (χ1v) is 8.60. The van der Waals surface area contributed by atoms with Crippen molar-refractivity contribution < 1.29 is 19.1 Å². The van der Waals surface area contributed by atoms with Crippen molar-refractivity contribution in [2.24, 2.45) is 0 Å². The third-order valence-electron chi connectivity index (χ3n) is 4.57. The highest BCUT2D eigenvalue weighted by Gasteiger charge is 2.45.